The Kier molecular flexibility index (Phi) is 4.21. The van der Waals surface area contributed by atoms with Crippen LogP contribution in [-0.4, -0.2) is 33.8 Å². The maximum atomic E-state index is 12.6. The summed E-state index contributed by atoms with van der Waals surface area (Å²) in [6.07, 6.45) is 1.20. The van der Waals surface area contributed by atoms with Crippen molar-refractivity contribution < 1.29 is 13.2 Å². The number of rotatable bonds is 4. The first kappa shape index (κ1) is 13.3. The number of nitrogens with zero attached hydrogens (tertiary/aromatic N) is 3. The third-order valence-corrected chi connectivity index (χ3v) is 3.38. The fourth-order valence-corrected chi connectivity index (χ4v) is 2.41. The van der Waals surface area contributed by atoms with Crippen LogP contribution < -0.4 is 5.32 Å². The van der Waals surface area contributed by atoms with E-state index in [2.05, 4.69) is 15.6 Å². The van der Waals surface area contributed by atoms with Crippen LogP contribution >= 0.6 is 0 Å². The molecule has 1 fully saturated rings. The Morgan fingerprint density at radius 3 is 2.83 bits per heavy atom. The number of aromatic nitrogens is 3. The van der Waals surface area contributed by atoms with Gasteiger partial charge in [0.15, 0.2) is 0 Å². The number of alkyl halides is 3. The molecule has 1 aromatic heterocycles. The van der Waals surface area contributed by atoms with Crippen LogP contribution in [-0.2, 0) is 6.54 Å². The summed E-state index contributed by atoms with van der Waals surface area (Å²) >= 11 is 0. The van der Waals surface area contributed by atoms with Crippen LogP contribution in [0.5, 0.6) is 0 Å². The Bertz CT molecular complexity index is 350. The first-order chi connectivity index (χ1) is 8.55. The zero-order chi connectivity index (χ0) is 13.0. The van der Waals surface area contributed by atoms with E-state index in [0.29, 0.717) is 19.5 Å². The lowest BCUT2D eigenvalue weighted by atomic mass is 9.85. The summed E-state index contributed by atoms with van der Waals surface area (Å²) in [6.45, 7) is 1.26. The van der Waals surface area contributed by atoms with Crippen molar-refractivity contribution in [2.24, 2.45) is 5.92 Å². The fraction of sp³-hybridized carbons (Fsp3) is 0.818. The molecule has 1 aliphatic rings. The van der Waals surface area contributed by atoms with Crippen molar-refractivity contribution >= 4 is 0 Å². The largest absolute Gasteiger partial charge is 0.391 e. The van der Waals surface area contributed by atoms with E-state index in [9.17, 15) is 13.2 Å². The van der Waals surface area contributed by atoms with Gasteiger partial charge in [-0.2, -0.15) is 13.2 Å². The molecule has 1 N–H and O–H groups in total. The van der Waals surface area contributed by atoms with Crippen molar-refractivity contribution in [3.63, 3.8) is 0 Å². The number of halogens is 3. The van der Waals surface area contributed by atoms with Gasteiger partial charge in [-0.1, -0.05) is 11.6 Å². The summed E-state index contributed by atoms with van der Waals surface area (Å²) in [6, 6.07) is -0.0334. The smallest absolute Gasteiger partial charge is 0.312 e. The van der Waals surface area contributed by atoms with Crippen molar-refractivity contribution in [1.29, 1.82) is 0 Å². The van der Waals surface area contributed by atoms with E-state index >= 15 is 0 Å². The topological polar surface area (TPSA) is 42.7 Å². The van der Waals surface area contributed by atoms with Crippen LogP contribution in [0.3, 0.4) is 0 Å². The first-order valence-corrected chi connectivity index (χ1v) is 6.20. The molecule has 1 aromatic rings. The molecule has 2 unspecified atom stereocenters. The van der Waals surface area contributed by atoms with Gasteiger partial charge in [0, 0.05) is 18.8 Å². The van der Waals surface area contributed by atoms with Crippen molar-refractivity contribution in [2.45, 2.75) is 44.4 Å². The van der Waals surface area contributed by atoms with Crippen LogP contribution in [0.15, 0.2) is 12.4 Å². The van der Waals surface area contributed by atoms with E-state index in [1.807, 2.05) is 0 Å². The molecule has 0 radical (unpaired) electrons. The van der Waals surface area contributed by atoms with Gasteiger partial charge in [-0.25, -0.2) is 0 Å². The standard InChI is InChI=1S/C11H17F3N4/c12-11(13,14)9-2-1-3-10(8-9)15-4-6-18-7-5-16-17-18/h5,7,9-10,15H,1-4,6,8H2. The highest BCUT2D eigenvalue weighted by Crippen LogP contribution is 2.37. The Labute approximate surface area is 104 Å². The zero-order valence-corrected chi connectivity index (χ0v) is 10.0. The monoisotopic (exact) mass is 262 g/mol. The molecule has 7 heteroatoms. The van der Waals surface area contributed by atoms with Crippen molar-refractivity contribution in [3.8, 4) is 0 Å². The van der Waals surface area contributed by atoms with Crippen molar-refractivity contribution in [2.75, 3.05) is 6.54 Å². The minimum atomic E-state index is -4.05. The lowest BCUT2D eigenvalue weighted by molar-refractivity contribution is -0.183. The minimum Gasteiger partial charge on any atom is -0.312 e. The molecule has 1 saturated carbocycles. The maximum Gasteiger partial charge on any atom is 0.391 e. The minimum absolute atomic E-state index is 0.0334. The number of hydrogen-bond donors (Lipinski definition) is 1. The quantitative estimate of drug-likeness (QED) is 0.902. The highest BCUT2D eigenvalue weighted by atomic mass is 19.4. The van der Waals surface area contributed by atoms with Crippen molar-refractivity contribution in [3.05, 3.63) is 12.4 Å². The van der Waals surface area contributed by atoms with E-state index < -0.39 is 12.1 Å². The molecule has 1 aliphatic carbocycles. The van der Waals surface area contributed by atoms with Gasteiger partial charge in [0.2, 0.25) is 0 Å². The van der Waals surface area contributed by atoms with Gasteiger partial charge in [0.1, 0.15) is 0 Å². The summed E-state index contributed by atoms with van der Waals surface area (Å²) in [4.78, 5) is 0. The maximum absolute atomic E-state index is 12.6. The third kappa shape index (κ3) is 3.69. The van der Waals surface area contributed by atoms with Gasteiger partial charge in [-0.05, 0) is 19.3 Å². The fourth-order valence-electron chi connectivity index (χ4n) is 2.41. The van der Waals surface area contributed by atoms with Crippen LogP contribution in [0.1, 0.15) is 25.7 Å². The average Bonchev–Trinajstić information content (AvgIpc) is 2.81. The number of hydrogen-bond acceptors (Lipinski definition) is 3. The van der Waals surface area contributed by atoms with Gasteiger partial charge in [-0.3, -0.25) is 4.68 Å². The van der Waals surface area contributed by atoms with Crippen LogP contribution in [0.4, 0.5) is 13.2 Å². The first-order valence-electron chi connectivity index (χ1n) is 6.20. The molecule has 18 heavy (non-hydrogen) atoms. The molecule has 1 heterocycles. The molecule has 0 aliphatic heterocycles. The summed E-state index contributed by atoms with van der Waals surface area (Å²) in [5.41, 5.74) is 0. The average molecular weight is 262 g/mol. The molecular formula is C11H17F3N4. The molecule has 102 valence electrons. The van der Waals surface area contributed by atoms with Crippen LogP contribution in [0.25, 0.3) is 0 Å². The van der Waals surface area contributed by atoms with Crippen LogP contribution in [0, 0.1) is 5.92 Å². The molecule has 4 nitrogen and oxygen atoms in total. The van der Waals surface area contributed by atoms with Gasteiger partial charge >= 0.3 is 6.18 Å². The Morgan fingerprint density at radius 2 is 2.17 bits per heavy atom. The second-order valence-corrected chi connectivity index (χ2v) is 4.72. The van der Waals surface area contributed by atoms with E-state index in [0.717, 1.165) is 6.42 Å². The molecular weight excluding hydrogens is 245 g/mol. The van der Waals surface area contributed by atoms with E-state index in [1.165, 1.54) is 0 Å². The summed E-state index contributed by atoms with van der Waals surface area (Å²) < 4.78 is 39.5. The molecule has 0 bridgehead atoms. The zero-order valence-electron chi connectivity index (χ0n) is 10.0. The molecule has 0 aromatic carbocycles. The second-order valence-electron chi connectivity index (χ2n) is 4.72. The van der Waals surface area contributed by atoms with Gasteiger partial charge in [0.25, 0.3) is 0 Å². The van der Waals surface area contributed by atoms with Gasteiger partial charge < -0.3 is 5.32 Å². The normalized spacial score (nSPS) is 25.3. The Hall–Kier alpha value is -1.11. The highest BCUT2D eigenvalue weighted by molar-refractivity contribution is 4.81. The SMILES string of the molecule is FC(F)(F)C1CCCC(NCCn2ccnn2)C1. The number of nitrogens with one attached hydrogen (secondary N) is 1. The second kappa shape index (κ2) is 5.69. The van der Waals surface area contributed by atoms with E-state index in [-0.39, 0.29) is 18.9 Å². The lowest BCUT2D eigenvalue weighted by Crippen LogP contribution is -2.39. The third-order valence-electron chi connectivity index (χ3n) is 3.38. The molecule has 0 amide bonds. The highest BCUT2D eigenvalue weighted by Gasteiger charge is 2.41. The summed E-state index contributed by atoms with van der Waals surface area (Å²) in [5, 5.41) is 10.6. The van der Waals surface area contributed by atoms with E-state index in [1.54, 1.807) is 17.1 Å². The molecule has 0 spiro atoms. The molecule has 0 saturated heterocycles. The van der Waals surface area contributed by atoms with Gasteiger partial charge in [-0.15, -0.1) is 5.10 Å². The summed E-state index contributed by atoms with van der Waals surface area (Å²) in [7, 11) is 0. The van der Waals surface area contributed by atoms with Gasteiger partial charge in [0.05, 0.1) is 18.7 Å². The molecule has 2 atom stereocenters. The van der Waals surface area contributed by atoms with Crippen molar-refractivity contribution in [1.82, 2.24) is 20.3 Å². The van der Waals surface area contributed by atoms with Crippen LogP contribution in [0.2, 0.25) is 0 Å². The molecule has 2 rings (SSSR count). The predicted octanol–water partition coefficient (Wildman–Crippen LogP) is 1.99. The van der Waals surface area contributed by atoms with E-state index in [4.69, 9.17) is 0 Å². The Balaban J connectivity index is 1.73. The Morgan fingerprint density at radius 1 is 1.33 bits per heavy atom. The summed E-state index contributed by atoms with van der Waals surface area (Å²) in [5.74, 6) is -1.14. The predicted molar refractivity (Wildman–Crippen MR) is 59.8 cm³/mol. The lowest BCUT2D eigenvalue weighted by Gasteiger charge is -2.31.